The fourth-order valence-electron chi connectivity index (χ4n) is 3.58. The van der Waals surface area contributed by atoms with E-state index in [-0.39, 0.29) is 18.3 Å². The van der Waals surface area contributed by atoms with Gasteiger partial charge in [0, 0.05) is 36.1 Å². The first-order chi connectivity index (χ1) is 13.2. The summed E-state index contributed by atoms with van der Waals surface area (Å²) in [5, 5.41) is 4.31. The minimum atomic E-state index is 0. The van der Waals surface area contributed by atoms with Gasteiger partial charge in [-0.2, -0.15) is 0 Å². The van der Waals surface area contributed by atoms with Gasteiger partial charge in [-0.15, -0.1) is 12.4 Å². The maximum atomic E-state index is 13.3. The summed E-state index contributed by atoms with van der Waals surface area (Å²) in [7, 11) is 0. The number of nitrogens with zero attached hydrogens (tertiary/aromatic N) is 3. The molecule has 2 aromatic heterocycles. The van der Waals surface area contributed by atoms with Crippen LogP contribution in [0.2, 0.25) is 0 Å². The summed E-state index contributed by atoms with van der Waals surface area (Å²) in [6, 6.07) is 13.9. The molecule has 0 unspecified atom stereocenters. The van der Waals surface area contributed by atoms with E-state index in [1.807, 2.05) is 54.3 Å². The van der Waals surface area contributed by atoms with E-state index in [1.54, 1.807) is 6.20 Å². The number of amides is 1. The monoisotopic (exact) mass is 396 g/mol. The number of anilines is 2. The number of para-hydroxylation sites is 1. The average molecular weight is 397 g/mol. The summed E-state index contributed by atoms with van der Waals surface area (Å²) in [4.78, 5) is 24.3. The number of carbonyl (C=O) groups excluding carboxylic acids is 1. The van der Waals surface area contributed by atoms with Crippen LogP contribution in [-0.4, -0.2) is 33.9 Å². The van der Waals surface area contributed by atoms with Gasteiger partial charge in [0.2, 0.25) is 0 Å². The number of hydrogen-bond acceptors (Lipinski definition) is 4. The van der Waals surface area contributed by atoms with E-state index >= 15 is 0 Å². The number of carbonyl (C=O) groups is 1. The molecule has 5 nitrogen and oxygen atoms in total. The molecule has 0 aliphatic carbocycles. The number of likely N-dealkylation sites (tertiary alicyclic amines) is 1. The van der Waals surface area contributed by atoms with E-state index in [9.17, 15) is 4.79 Å². The molecule has 0 radical (unpaired) electrons. The van der Waals surface area contributed by atoms with Gasteiger partial charge in [-0.25, -0.2) is 9.97 Å². The van der Waals surface area contributed by atoms with Crippen molar-refractivity contribution in [3.63, 3.8) is 0 Å². The zero-order chi connectivity index (χ0) is 18.6. The Morgan fingerprint density at radius 3 is 2.43 bits per heavy atom. The summed E-state index contributed by atoms with van der Waals surface area (Å²) in [6.07, 6.45) is 6.19. The van der Waals surface area contributed by atoms with Crippen molar-refractivity contribution in [2.45, 2.75) is 32.6 Å². The number of fused-ring (bicyclic) bond motifs is 1. The molecule has 3 heterocycles. The molecule has 1 aromatic carbocycles. The van der Waals surface area contributed by atoms with E-state index in [0.29, 0.717) is 11.2 Å². The summed E-state index contributed by atoms with van der Waals surface area (Å²) < 4.78 is 0. The van der Waals surface area contributed by atoms with Gasteiger partial charge in [0.05, 0.1) is 11.3 Å². The van der Waals surface area contributed by atoms with Crippen LogP contribution in [0.25, 0.3) is 11.0 Å². The smallest absolute Gasteiger partial charge is 0.257 e. The molecule has 1 N–H and O–H groups in total. The van der Waals surface area contributed by atoms with E-state index < -0.39 is 0 Å². The Balaban J connectivity index is 0.00000225. The number of nitrogens with one attached hydrogen (secondary N) is 1. The Morgan fingerprint density at radius 1 is 1.00 bits per heavy atom. The fourth-order valence-corrected chi connectivity index (χ4v) is 3.58. The normalized spacial score (nSPS) is 14.2. The molecule has 146 valence electrons. The largest absolute Gasteiger partial charge is 0.354 e. The standard InChI is InChI=1S/C22H24N4O.ClH/c1-16-11-12-18-20(25-17-9-5-4-6-10-17)19(15-23-21(18)24-16)22(27)26-13-7-2-3-8-14-26;/h4-6,9-12,15H,2-3,7-8,13-14H2,1H3,(H,23,24,25);1H. The molecule has 0 atom stereocenters. The quantitative estimate of drug-likeness (QED) is 0.667. The molecule has 1 aliphatic heterocycles. The summed E-state index contributed by atoms with van der Waals surface area (Å²) in [5.74, 6) is 0.0466. The molecule has 1 saturated heterocycles. The summed E-state index contributed by atoms with van der Waals surface area (Å²) in [6.45, 7) is 3.57. The number of rotatable bonds is 3. The van der Waals surface area contributed by atoms with Crippen molar-refractivity contribution in [1.29, 1.82) is 0 Å². The Labute approximate surface area is 171 Å². The molecular formula is C22H25ClN4O. The van der Waals surface area contributed by atoms with Crippen molar-refractivity contribution in [3.8, 4) is 0 Å². The molecule has 0 saturated carbocycles. The number of hydrogen-bond donors (Lipinski definition) is 1. The summed E-state index contributed by atoms with van der Waals surface area (Å²) in [5.41, 5.74) is 3.90. The molecule has 1 amide bonds. The highest BCUT2D eigenvalue weighted by Crippen LogP contribution is 2.30. The van der Waals surface area contributed by atoms with Crippen molar-refractivity contribution in [3.05, 3.63) is 59.9 Å². The highest BCUT2D eigenvalue weighted by atomic mass is 35.5. The third-order valence-electron chi connectivity index (χ3n) is 5.04. The Hall–Kier alpha value is -2.66. The van der Waals surface area contributed by atoms with Gasteiger partial charge < -0.3 is 10.2 Å². The number of halogens is 1. The van der Waals surface area contributed by atoms with Crippen LogP contribution in [0.3, 0.4) is 0 Å². The second-order valence-corrected chi connectivity index (χ2v) is 7.07. The van der Waals surface area contributed by atoms with Crippen molar-refractivity contribution in [1.82, 2.24) is 14.9 Å². The van der Waals surface area contributed by atoms with Crippen LogP contribution in [0, 0.1) is 6.92 Å². The molecule has 0 bridgehead atoms. The average Bonchev–Trinajstić information content (AvgIpc) is 2.98. The first-order valence-corrected chi connectivity index (χ1v) is 9.60. The maximum Gasteiger partial charge on any atom is 0.257 e. The van der Waals surface area contributed by atoms with Gasteiger partial charge in [-0.3, -0.25) is 4.79 Å². The lowest BCUT2D eigenvalue weighted by Gasteiger charge is -2.22. The predicted octanol–water partition coefficient (Wildman–Crippen LogP) is 5.12. The van der Waals surface area contributed by atoms with Gasteiger partial charge in [-0.05, 0) is 44.0 Å². The fraction of sp³-hybridized carbons (Fsp3) is 0.318. The molecule has 6 heteroatoms. The molecule has 1 fully saturated rings. The predicted molar refractivity (Wildman–Crippen MR) is 116 cm³/mol. The molecule has 28 heavy (non-hydrogen) atoms. The molecule has 3 aromatic rings. The molecular weight excluding hydrogens is 372 g/mol. The Morgan fingerprint density at radius 2 is 1.71 bits per heavy atom. The van der Waals surface area contributed by atoms with E-state index in [2.05, 4.69) is 15.3 Å². The summed E-state index contributed by atoms with van der Waals surface area (Å²) >= 11 is 0. The lowest BCUT2D eigenvalue weighted by Crippen LogP contribution is -2.32. The molecule has 1 aliphatic rings. The van der Waals surface area contributed by atoms with Gasteiger partial charge in [-0.1, -0.05) is 31.0 Å². The van der Waals surface area contributed by atoms with Crippen LogP contribution in [0.15, 0.2) is 48.7 Å². The van der Waals surface area contributed by atoms with Gasteiger partial charge >= 0.3 is 0 Å². The number of aryl methyl sites for hydroxylation is 1. The molecule has 0 spiro atoms. The third kappa shape index (κ3) is 4.25. The van der Waals surface area contributed by atoms with Gasteiger partial charge in [0.15, 0.2) is 5.65 Å². The number of aromatic nitrogens is 2. The zero-order valence-electron chi connectivity index (χ0n) is 16.0. The Bertz CT molecular complexity index is 953. The van der Waals surface area contributed by atoms with Crippen LogP contribution >= 0.6 is 12.4 Å². The van der Waals surface area contributed by atoms with Crippen LogP contribution in [0.1, 0.15) is 41.7 Å². The zero-order valence-corrected chi connectivity index (χ0v) is 16.8. The van der Waals surface area contributed by atoms with Crippen LogP contribution < -0.4 is 5.32 Å². The second-order valence-electron chi connectivity index (χ2n) is 7.07. The SMILES string of the molecule is Cc1ccc2c(Nc3ccccc3)c(C(=O)N3CCCCCC3)cnc2n1.Cl. The third-order valence-corrected chi connectivity index (χ3v) is 5.04. The lowest BCUT2D eigenvalue weighted by atomic mass is 10.1. The molecule has 4 rings (SSSR count). The first-order valence-electron chi connectivity index (χ1n) is 9.60. The van der Waals surface area contributed by atoms with Crippen molar-refractivity contribution in [2.24, 2.45) is 0 Å². The van der Waals surface area contributed by atoms with Crippen LogP contribution in [0.4, 0.5) is 11.4 Å². The number of pyridine rings is 2. The van der Waals surface area contributed by atoms with Gasteiger partial charge in [0.1, 0.15) is 0 Å². The van der Waals surface area contributed by atoms with E-state index in [4.69, 9.17) is 0 Å². The maximum absolute atomic E-state index is 13.3. The second kappa shape index (κ2) is 9.02. The highest BCUT2D eigenvalue weighted by molar-refractivity contribution is 6.07. The van der Waals surface area contributed by atoms with Crippen molar-refractivity contribution in [2.75, 3.05) is 18.4 Å². The lowest BCUT2D eigenvalue weighted by molar-refractivity contribution is 0.0762. The van der Waals surface area contributed by atoms with Crippen molar-refractivity contribution < 1.29 is 4.79 Å². The minimum Gasteiger partial charge on any atom is -0.354 e. The van der Waals surface area contributed by atoms with E-state index in [0.717, 1.165) is 48.4 Å². The topological polar surface area (TPSA) is 58.1 Å². The van der Waals surface area contributed by atoms with Crippen LogP contribution in [-0.2, 0) is 0 Å². The van der Waals surface area contributed by atoms with Crippen LogP contribution in [0.5, 0.6) is 0 Å². The minimum absolute atomic E-state index is 0. The Kier molecular flexibility index (Phi) is 6.47. The number of benzene rings is 1. The first kappa shape index (κ1) is 20.1. The highest BCUT2D eigenvalue weighted by Gasteiger charge is 2.22. The van der Waals surface area contributed by atoms with Gasteiger partial charge in [0.25, 0.3) is 5.91 Å². The van der Waals surface area contributed by atoms with E-state index in [1.165, 1.54) is 12.8 Å². The van der Waals surface area contributed by atoms with Crippen molar-refractivity contribution >= 4 is 40.7 Å².